The highest BCUT2D eigenvalue weighted by molar-refractivity contribution is 7.09. The van der Waals surface area contributed by atoms with E-state index < -0.39 is 0 Å². The first-order chi connectivity index (χ1) is 12.1. The maximum absolute atomic E-state index is 6.69. The maximum Gasteiger partial charge on any atom is 0.125 e. The summed E-state index contributed by atoms with van der Waals surface area (Å²) in [6, 6.07) is 8.86. The van der Waals surface area contributed by atoms with Crippen molar-refractivity contribution in [1.29, 1.82) is 0 Å². The molecule has 0 saturated carbocycles. The third kappa shape index (κ3) is 2.60. The van der Waals surface area contributed by atoms with Crippen molar-refractivity contribution in [2.45, 2.75) is 57.1 Å². The zero-order valence-electron chi connectivity index (χ0n) is 14.7. The molecule has 3 aliphatic heterocycles. The largest absolute Gasteiger partial charge is 0.487 e. The van der Waals surface area contributed by atoms with Crippen molar-refractivity contribution in [2.75, 3.05) is 6.54 Å². The number of benzene rings is 1. The zero-order chi connectivity index (χ0) is 17.0. The molecule has 2 saturated heterocycles. The number of nitrogens with zero attached hydrogens (tertiary/aromatic N) is 2. The lowest BCUT2D eigenvalue weighted by atomic mass is 9.74. The van der Waals surface area contributed by atoms with Gasteiger partial charge in [-0.2, -0.15) is 0 Å². The normalized spacial score (nSPS) is 33.2. The molecule has 0 N–H and O–H groups in total. The van der Waals surface area contributed by atoms with Crippen molar-refractivity contribution in [1.82, 2.24) is 9.88 Å². The van der Waals surface area contributed by atoms with Gasteiger partial charge in [0.05, 0.1) is 18.8 Å². The van der Waals surface area contributed by atoms with Crippen LogP contribution in [0.4, 0.5) is 0 Å². The third-order valence-corrected chi connectivity index (χ3v) is 6.86. The van der Waals surface area contributed by atoms with Gasteiger partial charge in [0.25, 0.3) is 0 Å². The summed E-state index contributed by atoms with van der Waals surface area (Å²) in [4.78, 5) is 7.03. The summed E-state index contributed by atoms with van der Waals surface area (Å²) in [5.74, 6) is 1.37. The molecule has 0 bridgehead atoms. The smallest absolute Gasteiger partial charge is 0.125 e. The lowest BCUT2D eigenvalue weighted by Crippen LogP contribution is -2.53. The molecule has 0 aliphatic carbocycles. The second-order valence-electron chi connectivity index (χ2n) is 7.93. The predicted octanol–water partition coefficient (Wildman–Crippen LogP) is 4.03. The minimum atomic E-state index is -0.209. The summed E-state index contributed by atoms with van der Waals surface area (Å²) < 4.78 is 13.1. The summed E-state index contributed by atoms with van der Waals surface area (Å²) in [7, 11) is 0. The summed E-state index contributed by atoms with van der Waals surface area (Å²) >= 11 is 1.74. The van der Waals surface area contributed by atoms with Gasteiger partial charge in [0.2, 0.25) is 0 Å². The van der Waals surface area contributed by atoms with Gasteiger partial charge in [-0.1, -0.05) is 18.2 Å². The first-order valence-corrected chi connectivity index (χ1v) is 10.1. The first kappa shape index (κ1) is 15.8. The molecule has 2 fully saturated rings. The van der Waals surface area contributed by atoms with Crippen molar-refractivity contribution >= 4 is 11.3 Å². The monoisotopic (exact) mass is 356 g/mol. The molecule has 4 atom stereocenters. The number of hydrogen-bond donors (Lipinski definition) is 0. The van der Waals surface area contributed by atoms with Gasteiger partial charge in [0.15, 0.2) is 0 Å². The number of ether oxygens (including phenoxy) is 2. The molecule has 25 heavy (non-hydrogen) atoms. The van der Waals surface area contributed by atoms with Gasteiger partial charge in [0, 0.05) is 35.6 Å². The molecule has 0 spiro atoms. The molecule has 5 rings (SSSR count). The SMILES string of the molecule is CC1(C)Oc2ccccc2[C@@H]2O[C@@H]3CCN(Cc4nccs4)[C@@H]3C[C@H]21. The molecule has 132 valence electrons. The third-order valence-electron chi connectivity index (χ3n) is 6.09. The topological polar surface area (TPSA) is 34.6 Å². The van der Waals surface area contributed by atoms with Gasteiger partial charge in [-0.3, -0.25) is 4.90 Å². The number of aromatic nitrogens is 1. The van der Waals surface area contributed by atoms with E-state index in [1.165, 1.54) is 10.6 Å². The highest BCUT2D eigenvalue weighted by Gasteiger charge is 2.52. The second kappa shape index (κ2) is 5.79. The van der Waals surface area contributed by atoms with Crippen molar-refractivity contribution in [3.05, 3.63) is 46.4 Å². The Balaban J connectivity index is 1.43. The van der Waals surface area contributed by atoms with Crippen LogP contribution in [0, 0.1) is 5.92 Å². The van der Waals surface area contributed by atoms with E-state index >= 15 is 0 Å². The van der Waals surface area contributed by atoms with E-state index in [9.17, 15) is 0 Å². The van der Waals surface area contributed by atoms with Crippen LogP contribution in [0.2, 0.25) is 0 Å². The van der Waals surface area contributed by atoms with Crippen LogP contribution in [0.3, 0.4) is 0 Å². The summed E-state index contributed by atoms with van der Waals surface area (Å²) in [6.45, 7) is 6.46. The minimum absolute atomic E-state index is 0.154. The van der Waals surface area contributed by atoms with Crippen LogP contribution in [0.15, 0.2) is 35.8 Å². The summed E-state index contributed by atoms with van der Waals surface area (Å²) in [5.41, 5.74) is 1.02. The molecular weight excluding hydrogens is 332 g/mol. The Morgan fingerprint density at radius 3 is 3.04 bits per heavy atom. The van der Waals surface area contributed by atoms with Crippen LogP contribution in [0.5, 0.6) is 5.75 Å². The van der Waals surface area contributed by atoms with Crippen LogP contribution >= 0.6 is 11.3 Å². The molecule has 1 aromatic heterocycles. The molecule has 0 unspecified atom stereocenters. The average molecular weight is 356 g/mol. The van der Waals surface area contributed by atoms with Crippen LogP contribution in [-0.2, 0) is 11.3 Å². The lowest BCUT2D eigenvalue weighted by molar-refractivity contribution is -0.162. The van der Waals surface area contributed by atoms with Crippen molar-refractivity contribution < 1.29 is 9.47 Å². The molecule has 4 nitrogen and oxygen atoms in total. The fraction of sp³-hybridized carbons (Fsp3) is 0.550. The molecule has 3 aliphatic rings. The Morgan fingerprint density at radius 1 is 1.32 bits per heavy atom. The zero-order valence-corrected chi connectivity index (χ0v) is 15.5. The minimum Gasteiger partial charge on any atom is -0.487 e. The highest BCUT2D eigenvalue weighted by atomic mass is 32.1. The molecule has 2 aromatic rings. The first-order valence-electron chi connectivity index (χ1n) is 9.17. The van der Waals surface area contributed by atoms with Crippen LogP contribution in [0.1, 0.15) is 43.4 Å². The van der Waals surface area contributed by atoms with Crippen LogP contribution < -0.4 is 4.74 Å². The fourth-order valence-corrected chi connectivity index (χ4v) is 5.46. The molecule has 4 heterocycles. The number of likely N-dealkylation sites (tertiary alicyclic amines) is 1. The van der Waals surface area contributed by atoms with E-state index in [0.717, 1.165) is 31.7 Å². The molecule has 0 radical (unpaired) electrons. The maximum atomic E-state index is 6.69. The Bertz CT molecular complexity index is 761. The van der Waals surface area contributed by atoms with E-state index in [0.29, 0.717) is 18.1 Å². The highest BCUT2D eigenvalue weighted by Crippen LogP contribution is 2.52. The Morgan fingerprint density at radius 2 is 2.20 bits per heavy atom. The van der Waals surface area contributed by atoms with Crippen molar-refractivity contribution in [2.24, 2.45) is 5.92 Å². The number of para-hydroxylation sites is 1. The summed E-state index contributed by atoms with van der Waals surface area (Å²) in [6.07, 6.45) is 4.62. The van der Waals surface area contributed by atoms with Gasteiger partial charge in [-0.25, -0.2) is 4.98 Å². The number of thiazole rings is 1. The molecule has 0 amide bonds. The number of rotatable bonds is 2. The quantitative estimate of drug-likeness (QED) is 0.813. The van der Waals surface area contributed by atoms with Crippen LogP contribution in [0.25, 0.3) is 0 Å². The summed E-state index contributed by atoms with van der Waals surface area (Å²) in [5, 5.41) is 3.26. The van der Waals surface area contributed by atoms with Gasteiger partial charge >= 0.3 is 0 Å². The Kier molecular flexibility index (Phi) is 3.66. The molecular formula is C20H24N2O2S. The van der Waals surface area contributed by atoms with Gasteiger partial charge in [-0.15, -0.1) is 11.3 Å². The van der Waals surface area contributed by atoms with E-state index in [1.54, 1.807) is 11.3 Å². The Hall–Kier alpha value is -1.43. The molecule has 1 aromatic carbocycles. The molecule has 5 heteroatoms. The van der Waals surface area contributed by atoms with E-state index in [2.05, 4.69) is 47.3 Å². The fourth-order valence-electron chi connectivity index (χ4n) is 4.82. The number of fused-ring (bicyclic) bond motifs is 4. The van der Waals surface area contributed by atoms with Gasteiger partial charge < -0.3 is 9.47 Å². The van der Waals surface area contributed by atoms with Crippen LogP contribution in [-0.4, -0.2) is 34.2 Å². The van der Waals surface area contributed by atoms with E-state index in [-0.39, 0.29) is 11.7 Å². The van der Waals surface area contributed by atoms with Crippen molar-refractivity contribution in [3.63, 3.8) is 0 Å². The second-order valence-corrected chi connectivity index (χ2v) is 8.91. The number of hydrogen-bond acceptors (Lipinski definition) is 5. The lowest BCUT2D eigenvalue weighted by Gasteiger charge is -2.50. The van der Waals surface area contributed by atoms with Gasteiger partial charge in [-0.05, 0) is 32.8 Å². The standard InChI is InChI=1S/C20H24N2O2S/c1-20(2)14-11-15-17(7-9-22(15)12-18-21-8-10-25-18)23-19(14)13-5-3-4-6-16(13)24-20/h3-6,8,10,14-15,17,19H,7,9,11-12H2,1-2H3/t14-,15-,17-,19+/m1/s1. The van der Waals surface area contributed by atoms with E-state index in [1.807, 2.05) is 12.3 Å². The van der Waals surface area contributed by atoms with Gasteiger partial charge in [0.1, 0.15) is 16.4 Å². The van der Waals surface area contributed by atoms with E-state index in [4.69, 9.17) is 9.47 Å². The predicted molar refractivity (Wildman–Crippen MR) is 97.8 cm³/mol. The van der Waals surface area contributed by atoms with Crippen molar-refractivity contribution in [3.8, 4) is 5.75 Å². The average Bonchev–Trinajstić information content (AvgIpc) is 3.24. The Labute approximate surface area is 152 Å².